The van der Waals surface area contributed by atoms with Crippen LogP contribution >= 0.6 is 0 Å². The fourth-order valence-corrected chi connectivity index (χ4v) is 5.00. The molecule has 0 aromatic heterocycles. The molecule has 0 amide bonds. The quantitative estimate of drug-likeness (QED) is 0.121. The van der Waals surface area contributed by atoms with Gasteiger partial charge in [0.25, 0.3) is 0 Å². The van der Waals surface area contributed by atoms with Gasteiger partial charge in [0.2, 0.25) is 0 Å². The summed E-state index contributed by atoms with van der Waals surface area (Å²) in [7, 11) is 0. The molecule has 6 nitrogen and oxygen atoms in total. The number of benzene rings is 2. The molecule has 0 aliphatic rings. The van der Waals surface area contributed by atoms with Gasteiger partial charge in [-0.3, -0.25) is 9.98 Å². The molecule has 0 radical (unpaired) electrons. The van der Waals surface area contributed by atoms with Crippen LogP contribution < -0.4 is 9.80 Å². The van der Waals surface area contributed by atoms with E-state index >= 15 is 0 Å². The lowest BCUT2D eigenvalue weighted by Crippen LogP contribution is -2.21. The largest absolute Gasteiger partial charge is 0.507 e. The number of hydrogen-bond donors (Lipinski definition) is 2. The van der Waals surface area contributed by atoms with Crippen molar-refractivity contribution in [1.29, 1.82) is 0 Å². The van der Waals surface area contributed by atoms with Crippen molar-refractivity contribution < 1.29 is 10.2 Å². The maximum Gasteiger partial charge on any atom is 0.126 e. The van der Waals surface area contributed by atoms with Crippen molar-refractivity contribution in [2.45, 2.75) is 91.9 Å². The second-order valence-corrected chi connectivity index (χ2v) is 10.4. The molecule has 2 aromatic rings. The summed E-state index contributed by atoms with van der Waals surface area (Å²) in [6, 6.07) is 11.7. The van der Waals surface area contributed by atoms with E-state index in [4.69, 9.17) is 0 Å². The molecule has 0 saturated heterocycles. The van der Waals surface area contributed by atoms with Gasteiger partial charge in [-0.15, -0.1) is 0 Å². The minimum absolute atomic E-state index is 0.304. The van der Waals surface area contributed by atoms with Crippen molar-refractivity contribution in [3.8, 4) is 11.5 Å². The second-order valence-electron chi connectivity index (χ2n) is 10.4. The highest BCUT2D eigenvalue weighted by Crippen LogP contribution is 2.24. The van der Waals surface area contributed by atoms with E-state index in [-0.39, 0.29) is 0 Å². The third kappa shape index (κ3) is 12.0. The van der Waals surface area contributed by atoms with Crippen molar-refractivity contribution in [2.24, 2.45) is 9.98 Å². The van der Waals surface area contributed by atoms with E-state index in [0.29, 0.717) is 11.5 Å². The van der Waals surface area contributed by atoms with Crippen LogP contribution in [-0.4, -0.2) is 61.9 Å². The Bertz CT molecular complexity index is 931. The van der Waals surface area contributed by atoms with E-state index in [9.17, 15) is 10.2 Å². The zero-order valence-corrected chi connectivity index (χ0v) is 25.6. The van der Waals surface area contributed by atoms with Crippen molar-refractivity contribution in [1.82, 2.24) is 0 Å². The Morgan fingerprint density at radius 1 is 0.525 bits per heavy atom. The molecule has 0 bridgehead atoms. The van der Waals surface area contributed by atoms with E-state index in [1.54, 1.807) is 12.4 Å². The normalized spacial score (nSPS) is 11.6. The first-order valence-electron chi connectivity index (χ1n) is 15.7. The number of phenols is 2. The first-order chi connectivity index (χ1) is 19.5. The third-order valence-corrected chi connectivity index (χ3v) is 7.57. The number of anilines is 2. The van der Waals surface area contributed by atoms with Gasteiger partial charge in [0.1, 0.15) is 11.5 Å². The van der Waals surface area contributed by atoms with Gasteiger partial charge in [0.05, 0.1) is 0 Å². The van der Waals surface area contributed by atoms with Crippen LogP contribution in [0.25, 0.3) is 0 Å². The number of rotatable bonds is 21. The van der Waals surface area contributed by atoms with Gasteiger partial charge in [-0.1, -0.05) is 51.4 Å². The highest BCUT2D eigenvalue weighted by Gasteiger charge is 2.06. The van der Waals surface area contributed by atoms with Crippen molar-refractivity contribution >= 4 is 23.8 Å². The molecule has 0 fully saturated rings. The Labute approximate surface area is 243 Å². The molecular weight excluding hydrogens is 496 g/mol. The Balaban J connectivity index is 1.46. The van der Waals surface area contributed by atoms with Gasteiger partial charge >= 0.3 is 0 Å². The molecule has 0 atom stereocenters. The summed E-state index contributed by atoms with van der Waals surface area (Å²) in [5.74, 6) is 0.607. The summed E-state index contributed by atoms with van der Waals surface area (Å²) < 4.78 is 0. The molecule has 2 rings (SSSR count). The van der Waals surface area contributed by atoms with Crippen LogP contribution in [0.15, 0.2) is 46.4 Å². The van der Waals surface area contributed by atoms with Crippen LogP contribution in [0.1, 0.15) is 103 Å². The zero-order valence-electron chi connectivity index (χ0n) is 25.6. The minimum atomic E-state index is 0.304. The van der Waals surface area contributed by atoms with Crippen LogP contribution in [0.2, 0.25) is 0 Å². The van der Waals surface area contributed by atoms with Gasteiger partial charge in [-0.25, -0.2) is 0 Å². The van der Waals surface area contributed by atoms with Crippen LogP contribution in [0.5, 0.6) is 11.5 Å². The summed E-state index contributed by atoms with van der Waals surface area (Å²) in [6.07, 6.45) is 16.0. The van der Waals surface area contributed by atoms with Crippen molar-refractivity contribution in [2.75, 3.05) is 49.1 Å². The van der Waals surface area contributed by atoms with Crippen molar-refractivity contribution in [3.63, 3.8) is 0 Å². The van der Waals surface area contributed by atoms with Gasteiger partial charge < -0.3 is 20.0 Å². The van der Waals surface area contributed by atoms with Crippen LogP contribution in [0, 0.1) is 0 Å². The number of unbranched alkanes of at least 4 members (excludes halogenated alkanes) is 9. The fraction of sp³-hybridized carbons (Fsp3) is 0.588. The standard InChI is InChI=1S/C34H54N4O2/c1-5-37(6-2)31-21-19-29(33(39)25-31)27-35-23-17-15-13-11-9-10-12-14-16-18-24-36-28-30-20-22-32(26-34(30)40)38(7-3)8-4/h19-22,25-28,39-40H,5-18,23-24H2,1-4H3/b35-27+,36-28+. The predicted molar refractivity (Wildman–Crippen MR) is 174 cm³/mol. The number of phenolic OH excluding ortho intramolecular Hbond substituents is 2. The monoisotopic (exact) mass is 550 g/mol. The van der Waals surface area contributed by atoms with E-state index < -0.39 is 0 Å². The Morgan fingerprint density at radius 3 is 1.15 bits per heavy atom. The molecular formula is C34H54N4O2. The molecule has 0 aliphatic heterocycles. The molecule has 0 spiro atoms. The average molecular weight is 551 g/mol. The van der Waals surface area contributed by atoms with Crippen LogP contribution in [-0.2, 0) is 0 Å². The van der Waals surface area contributed by atoms with E-state index in [0.717, 1.165) is 74.6 Å². The molecule has 6 heteroatoms. The van der Waals surface area contributed by atoms with E-state index in [2.05, 4.69) is 59.6 Å². The maximum atomic E-state index is 10.3. The first-order valence-corrected chi connectivity index (χ1v) is 15.7. The zero-order chi connectivity index (χ0) is 29.0. The molecule has 0 aliphatic carbocycles. The van der Waals surface area contributed by atoms with Crippen LogP contribution in [0.4, 0.5) is 11.4 Å². The SMILES string of the molecule is CCN(CC)c1ccc(/C=N/CCCCCCCCCCCC/N=C/c2ccc(N(CC)CC)cc2O)c(O)c1. The lowest BCUT2D eigenvalue weighted by atomic mass is 10.1. The number of hydrogen-bond acceptors (Lipinski definition) is 6. The van der Waals surface area contributed by atoms with Gasteiger partial charge in [-0.05, 0) is 64.8 Å². The van der Waals surface area contributed by atoms with Gasteiger partial charge in [0.15, 0.2) is 0 Å². The lowest BCUT2D eigenvalue weighted by molar-refractivity contribution is 0.474. The summed E-state index contributed by atoms with van der Waals surface area (Å²) in [6.45, 7) is 13.9. The molecule has 2 N–H and O–H groups in total. The second kappa shape index (κ2) is 19.9. The molecule has 2 aromatic carbocycles. The van der Waals surface area contributed by atoms with Crippen molar-refractivity contribution in [3.05, 3.63) is 47.5 Å². The molecule has 0 heterocycles. The topological polar surface area (TPSA) is 71.7 Å². The summed E-state index contributed by atoms with van der Waals surface area (Å²) in [4.78, 5) is 13.5. The highest BCUT2D eigenvalue weighted by atomic mass is 16.3. The van der Waals surface area contributed by atoms with Crippen LogP contribution in [0.3, 0.4) is 0 Å². The third-order valence-electron chi connectivity index (χ3n) is 7.57. The summed E-state index contributed by atoms with van der Waals surface area (Å²) in [5.41, 5.74) is 3.70. The highest BCUT2D eigenvalue weighted by molar-refractivity contribution is 5.85. The molecule has 222 valence electrons. The Kier molecular flexibility index (Phi) is 16.5. The Hall–Kier alpha value is -3.02. The molecule has 40 heavy (non-hydrogen) atoms. The first kappa shape index (κ1) is 33.2. The summed E-state index contributed by atoms with van der Waals surface area (Å²) >= 11 is 0. The van der Waals surface area contributed by atoms with Gasteiger partial charge in [-0.2, -0.15) is 0 Å². The predicted octanol–water partition coefficient (Wildman–Crippen LogP) is 8.23. The van der Waals surface area contributed by atoms with E-state index in [1.807, 2.05) is 24.3 Å². The van der Waals surface area contributed by atoms with Gasteiger partial charge in [0, 0.05) is 86.3 Å². The molecule has 0 saturated carbocycles. The number of aromatic hydroxyl groups is 2. The maximum absolute atomic E-state index is 10.3. The smallest absolute Gasteiger partial charge is 0.126 e. The van der Waals surface area contributed by atoms with E-state index in [1.165, 1.54) is 51.4 Å². The summed E-state index contributed by atoms with van der Waals surface area (Å²) in [5, 5.41) is 20.6. The number of nitrogens with zero attached hydrogens (tertiary/aromatic N) is 4. The molecule has 0 unspecified atom stereocenters. The minimum Gasteiger partial charge on any atom is -0.507 e. The lowest BCUT2D eigenvalue weighted by Gasteiger charge is -2.21. The number of aliphatic imine (C=N–C) groups is 2. The average Bonchev–Trinajstić information content (AvgIpc) is 2.96. The fourth-order valence-electron chi connectivity index (χ4n) is 5.00. The Morgan fingerprint density at radius 2 is 0.850 bits per heavy atom.